The van der Waals surface area contributed by atoms with Crippen LogP contribution in [-0.4, -0.2) is 33.1 Å². The van der Waals surface area contributed by atoms with Crippen molar-refractivity contribution in [3.8, 4) is 0 Å². The van der Waals surface area contributed by atoms with Gasteiger partial charge in [0.25, 0.3) is 0 Å². The van der Waals surface area contributed by atoms with Crippen molar-refractivity contribution in [2.24, 2.45) is 17.8 Å². The fourth-order valence-electron chi connectivity index (χ4n) is 3.66. The molecule has 0 saturated heterocycles. The normalized spacial score (nSPS) is 44.7. The summed E-state index contributed by atoms with van der Waals surface area (Å²) in [5.41, 5.74) is -0.479. The van der Waals surface area contributed by atoms with E-state index in [-0.39, 0.29) is 18.4 Å². The third-order valence-corrected chi connectivity index (χ3v) is 5.06. The Labute approximate surface area is 110 Å². The van der Waals surface area contributed by atoms with Crippen LogP contribution in [0.5, 0.6) is 0 Å². The van der Waals surface area contributed by atoms with E-state index < -0.39 is 11.2 Å². The van der Waals surface area contributed by atoms with Gasteiger partial charge < -0.3 is 15.3 Å². The number of rotatable bonds is 2. The summed E-state index contributed by atoms with van der Waals surface area (Å²) in [4.78, 5) is 0. The van der Waals surface area contributed by atoms with Gasteiger partial charge >= 0.3 is 0 Å². The highest BCUT2D eigenvalue weighted by Crippen LogP contribution is 2.50. The molecule has 0 heterocycles. The van der Waals surface area contributed by atoms with Crippen LogP contribution in [0.15, 0.2) is 11.6 Å². The van der Waals surface area contributed by atoms with E-state index >= 15 is 0 Å². The molecular formula is C15H26O3. The third-order valence-electron chi connectivity index (χ3n) is 5.06. The molecule has 0 bridgehead atoms. The molecule has 1 unspecified atom stereocenters. The van der Waals surface area contributed by atoms with Gasteiger partial charge in [-0.25, -0.2) is 0 Å². The van der Waals surface area contributed by atoms with E-state index in [1.807, 2.05) is 6.92 Å². The number of fused-ring (bicyclic) bond motifs is 1. The molecule has 0 aliphatic heterocycles. The quantitative estimate of drug-likeness (QED) is 0.659. The van der Waals surface area contributed by atoms with E-state index in [4.69, 9.17) is 0 Å². The maximum Gasteiger partial charge on any atom is 0.0915 e. The molecule has 0 radical (unpaired) electrons. The van der Waals surface area contributed by atoms with Crippen LogP contribution >= 0.6 is 0 Å². The van der Waals surface area contributed by atoms with Crippen molar-refractivity contribution >= 4 is 0 Å². The van der Waals surface area contributed by atoms with Gasteiger partial charge in [-0.05, 0) is 44.4 Å². The Kier molecular flexibility index (Phi) is 3.60. The van der Waals surface area contributed by atoms with Crippen LogP contribution < -0.4 is 0 Å². The highest BCUT2D eigenvalue weighted by atomic mass is 16.3. The molecule has 0 aromatic rings. The first-order valence-corrected chi connectivity index (χ1v) is 7.06. The highest BCUT2D eigenvalue weighted by molar-refractivity contribution is 5.19. The summed E-state index contributed by atoms with van der Waals surface area (Å²) in [7, 11) is 0. The minimum absolute atomic E-state index is 0.0197. The molecule has 0 aromatic heterocycles. The van der Waals surface area contributed by atoms with E-state index in [0.717, 1.165) is 12.8 Å². The van der Waals surface area contributed by atoms with E-state index in [1.54, 1.807) is 0 Å². The van der Waals surface area contributed by atoms with Crippen molar-refractivity contribution in [1.29, 1.82) is 0 Å². The van der Waals surface area contributed by atoms with Gasteiger partial charge in [0.15, 0.2) is 0 Å². The Morgan fingerprint density at radius 2 is 2.00 bits per heavy atom. The molecule has 104 valence electrons. The van der Waals surface area contributed by atoms with Gasteiger partial charge in [-0.2, -0.15) is 0 Å². The molecule has 2 aliphatic carbocycles. The minimum Gasteiger partial charge on any atom is -0.393 e. The molecule has 3 heteroatoms. The van der Waals surface area contributed by atoms with Crippen molar-refractivity contribution in [2.75, 3.05) is 6.61 Å². The van der Waals surface area contributed by atoms with Crippen LogP contribution in [0.25, 0.3) is 0 Å². The predicted molar refractivity (Wildman–Crippen MR) is 71.0 cm³/mol. The number of hydrogen-bond donors (Lipinski definition) is 3. The molecule has 3 nitrogen and oxygen atoms in total. The zero-order valence-electron chi connectivity index (χ0n) is 11.7. The average molecular weight is 254 g/mol. The number of hydrogen-bond acceptors (Lipinski definition) is 3. The first kappa shape index (κ1) is 14.0. The molecule has 2 rings (SSSR count). The lowest BCUT2D eigenvalue weighted by molar-refractivity contribution is -0.0858. The highest BCUT2D eigenvalue weighted by Gasteiger charge is 2.52. The Bertz CT molecular complexity index is 346. The fraction of sp³-hybridized carbons (Fsp3) is 0.867. The van der Waals surface area contributed by atoms with Crippen LogP contribution in [0.4, 0.5) is 0 Å². The van der Waals surface area contributed by atoms with Crippen molar-refractivity contribution < 1.29 is 15.3 Å². The summed E-state index contributed by atoms with van der Waals surface area (Å²) in [5.74, 6) is 0.381. The maximum atomic E-state index is 10.7. The topological polar surface area (TPSA) is 60.7 Å². The van der Waals surface area contributed by atoms with Crippen LogP contribution in [0, 0.1) is 17.8 Å². The SMILES string of the molecule is CC(C)C1=CC2[C@H](CC[C@@]2(C)O)[C@@](O)(CO)CC1. The lowest BCUT2D eigenvalue weighted by Gasteiger charge is -2.36. The Morgan fingerprint density at radius 3 is 2.56 bits per heavy atom. The summed E-state index contributed by atoms with van der Waals surface area (Å²) in [6.45, 7) is 5.94. The van der Waals surface area contributed by atoms with E-state index in [0.29, 0.717) is 18.8 Å². The number of aliphatic hydroxyl groups excluding tert-OH is 1. The van der Waals surface area contributed by atoms with E-state index in [9.17, 15) is 15.3 Å². The molecule has 4 atom stereocenters. The molecule has 0 amide bonds. The summed E-state index contributed by atoms with van der Waals surface area (Å²) < 4.78 is 0. The monoisotopic (exact) mass is 254 g/mol. The van der Waals surface area contributed by atoms with Crippen LogP contribution in [0.1, 0.15) is 46.5 Å². The van der Waals surface area contributed by atoms with Gasteiger partial charge in [0.05, 0.1) is 17.8 Å². The first-order valence-electron chi connectivity index (χ1n) is 7.06. The van der Waals surface area contributed by atoms with Gasteiger partial charge in [0, 0.05) is 5.92 Å². The Hall–Kier alpha value is -0.380. The van der Waals surface area contributed by atoms with E-state index in [1.165, 1.54) is 5.57 Å². The number of aliphatic hydroxyl groups is 3. The third kappa shape index (κ3) is 2.24. The summed E-state index contributed by atoms with van der Waals surface area (Å²) >= 11 is 0. The average Bonchev–Trinajstić information content (AvgIpc) is 2.50. The van der Waals surface area contributed by atoms with Crippen LogP contribution in [0.2, 0.25) is 0 Å². The van der Waals surface area contributed by atoms with Crippen molar-refractivity contribution in [3.63, 3.8) is 0 Å². The van der Waals surface area contributed by atoms with Crippen LogP contribution in [-0.2, 0) is 0 Å². The molecule has 0 spiro atoms. The Balaban J connectivity index is 2.38. The predicted octanol–water partition coefficient (Wildman–Crippen LogP) is 1.86. The molecule has 1 fully saturated rings. The molecular weight excluding hydrogens is 228 g/mol. The summed E-state index contributed by atoms with van der Waals surface area (Å²) in [5, 5.41) is 30.7. The maximum absolute atomic E-state index is 10.7. The second-order valence-corrected chi connectivity index (χ2v) is 6.69. The Morgan fingerprint density at radius 1 is 1.33 bits per heavy atom. The minimum atomic E-state index is -1.03. The van der Waals surface area contributed by atoms with Crippen molar-refractivity contribution in [1.82, 2.24) is 0 Å². The second-order valence-electron chi connectivity index (χ2n) is 6.69. The van der Waals surface area contributed by atoms with Gasteiger partial charge in [-0.1, -0.05) is 25.5 Å². The summed E-state index contributed by atoms with van der Waals surface area (Å²) in [6, 6.07) is 0. The zero-order chi connectivity index (χ0) is 13.6. The lowest BCUT2D eigenvalue weighted by atomic mass is 9.77. The molecule has 2 aliphatic rings. The van der Waals surface area contributed by atoms with E-state index in [2.05, 4.69) is 19.9 Å². The molecule has 3 N–H and O–H groups in total. The largest absolute Gasteiger partial charge is 0.393 e. The first-order chi connectivity index (χ1) is 8.30. The molecule has 18 heavy (non-hydrogen) atoms. The fourth-order valence-corrected chi connectivity index (χ4v) is 3.66. The second kappa shape index (κ2) is 4.62. The summed E-state index contributed by atoms with van der Waals surface area (Å²) in [6.07, 6.45) is 5.08. The van der Waals surface area contributed by atoms with Crippen molar-refractivity contribution in [2.45, 2.75) is 57.7 Å². The van der Waals surface area contributed by atoms with Gasteiger partial charge in [-0.15, -0.1) is 0 Å². The number of allylic oxidation sites excluding steroid dienone is 1. The smallest absolute Gasteiger partial charge is 0.0915 e. The van der Waals surface area contributed by atoms with Gasteiger partial charge in [0.1, 0.15) is 0 Å². The van der Waals surface area contributed by atoms with Gasteiger partial charge in [-0.3, -0.25) is 0 Å². The standard InChI is InChI=1S/C15H26O3/c1-10(2)11-4-7-15(18,9-16)12-5-6-14(3,17)13(12)8-11/h8,10,12-13,16-18H,4-7,9H2,1-3H3/t12-,13?,14+,15-/m0/s1. The van der Waals surface area contributed by atoms with Crippen molar-refractivity contribution in [3.05, 3.63) is 11.6 Å². The molecule has 1 saturated carbocycles. The lowest BCUT2D eigenvalue weighted by Crippen LogP contribution is -2.45. The zero-order valence-corrected chi connectivity index (χ0v) is 11.7. The van der Waals surface area contributed by atoms with Crippen LogP contribution in [0.3, 0.4) is 0 Å². The molecule has 0 aromatic carbocycles. The van der Waals surface area contributed by atoms with Gasteiger partial charge in [0.2, 0.25) is 0 Å².